The van der Waals surface area contributed by atoms with Crippen molar-refractivity contribution in [1.82, 2.24) is 4.90 Å². The second-order valence-corrected chi connectivity index (χ2v) is 5.19. The summed E-state index contributed by atoms with van der Waals surface area (Å²) in [5.74, 6) is 0.641. The van der Waals surface area contributed by atoms with Crippen molar-refractivity contribution >= 4 is 11.7 Å². The predicted molar refractivity (Wildman–Crippen MR) is 80.2 cm³/mol. The smallest absolute Gasteiger partial charge is 0.322 e. The van der Waals surface area contributed by atoms with E-state index in [1.54, 1.807) is 24.8 Å². The largest absolute Gasteiger partial charge is 0.492 e. The fraction of sp³-hybridized carbons (Fsp3) is 0.533. The van der Waals surface area contributed by atoms with Crippen LogP contribution in [0.25, 0.3) is 0 Å². The number of nitrogens with one attached hydrogen (secondary N) is 1. The van der Waals surface area contributed by atoms with E-state index in [1.165, 1.54) is 0 Å². The Morgan fingerprint density at radius 2 is 2.00 bits per heavy atom. The third-order valence-corrected chi connectivity index (χ3v) is 2.68. The molecule has 0 aromatic heterocycles. The number of urea groups is 1. The van der Waals surface area contributed by atoms with Crippen molar-refractivity contribution < 1.29 is 14.6 Å². The molecule has 20 heavy (non-hydrogen) atoms. The number of likely N-dealkylation sites (N-methyl/N-ethyl adjacent to an activating group) is 1. The van der Waals surface area contributed by atoms with Gasteiger partial charge in [0.2, 0.25) is 0 Å². The van der Waals surface area contributed by atoms with Crippen molar-refractivity contribution in [2.75, 3.05) is 25.0 Å². The van der Waals surface area contributed by atoms with Crippen molar-refractivity contribution in [2.24, 2.45) is 0 Å². The SMILES string of the molecule is CCOc1ccccc1NC(=O)N(CC)CC(C)(C)O. The zero-order valence-electron chi connectivity index (χ0n) is 12.6. The number of rotatable bonds is 6. The van der Waals surface area contributed by atoms with Gasteiger partial charge in [-0.1, -0.05) is 12.1 Å². The van der Waals surface area contributed by atoms with E-state index < -0.39 is 5.60 Å². The van der Waals surface area contributed by atoms with E-state index in [1.807, 2.05) is 32.0 Å². The first-order valence-corrected chi connectivity index (χ1v) is 6.87. The Morgan fingerprint density at radius 1 is 1.35 bits per heavy atom. The van der Waals surface area contributed by atoms with Crippen LogP contribution in [-0.2, 0) is 0 Å². The van der Waals surface area contributed by atoms with Crippen LogP contribution >= 0.6 is 0 Å². The molecule has 0 aliphatic heterocycles. The summed E-state index contributed by atoms with van der Waals surface area (Å²) in [5.41, 5.74) is -0.291. The molecule has 0 saturated heterocycles. The average Bonchev–Trinajstić information content (AvgIpc) is 2.37. The number of ether oxygens (including phenoxy) is 1. The zero-order valence-corrected chi connectivity index (χ0v) is 12.6. The Labute approximate surface area is 120 Å². The van der Waals surface area contributed by atoms with E-state index in [9.17, 15) is 9.90 Å². The molecule has 1 rings (SSSR count). The molecule has 0 unspecified atom stereocenters. The Bertz CT molecular complexity index is 441. The first kappa shape index (κ1) is 16.3. The molecule has 0 spiro atoms. The highest BCUT2D eigenvalue weighted by molar-refractivity contribution is 5.91. The number of benzene rings is 1. The molecule has 1 aromatic rings. The zero-order chi connectivity index (χ0) is 15.2. The molecule has 0 bridgehead atoms. The lowest BCUT2D eigenvalue weighted by molar-refractivity contribution is 0.0501. The molecule has 112 valence electrons. The summed E-state index contributed by atoms with van der Waals surface area (Å²) >= 11 is 0. The van der Waals surface area contributed by atoms with E-state index in [0.717, 1.165) is 0 Å². The lowest BCUT2D eigenvalue weighted by Crippen LogP contribution is -2.44. The van der Waals surface area contributed by atoms with Crippen LogP contribution in [0, 0.1) is 0 Å². The molecule has 0 atom stereocenters. The lowest BCUT2D eigenvalue weighted by Gasteiger charge is -2.28. The quantitative estimate of drug-likeness (QED) is 0.842. The molecule has 0 aliphatic carbocycles. The van der Waals surface area contributed by atoms with Gasteiger partial charge in [0.15, 0.2) is 0 Å². The van der Waals surface area contributed by atoms with Crippen molar-refractivity contribution in [3.63, 3.8) is 0 Å². The number of aliphatic hydroxyl groups is 1. The summed E-state index contributed by atoms with van der Waals surface area (Å²) in [6.45, 7) is 8.45. The Kier molecular flexibility index (Phi) is 5.82. The molecule has 0 radical (unpaired) electrons. The Morgan fingerprint density at radius 3 is 2.55 bits per heavy atom. The molecule has 5 nitrogen and oxygen atoms in total. The normalized spacial score (nSPS) is 11.1. The molecule has 5 heteroatoms. The van der Waals surface area contributed by atoms with Crippen LogP contribution in [-0.4, -0.2) is 41.3 Å². The summed E-state index contributed by atoms with van der Waals surface area (Å²) in [4.78, 5) is 13.8. The molecule has 0 heterocycles. The first-order chi connectivity index (χ1) is 9.37. The molecule has 0 saturated carbocycles. The van der Waals surface area contributed by atoms with E-state index in [0.29, 0.717) is 24.6 Å². The van der Waals surface area contributed by atoms with E-state index in [-0.39, 0.29) is 12.6 Å². The number of para-hydroxylation sites is 2. The predicted octanol–water partition coefficient (Wildman–Crippen LogP) is 2.71. The molecule has 0 fully saturated rings. The number of amides is 2. The molecule has 1 aromatic carbocycles. The van der Waals surface area contributed by atoms with Gasteiger partial charge < -0.3 is 20.1 Å². The summed E-state index contributed by atoms with van der Waals surface area (Å²) < 4.78 is 5.47. The minimum absolute atomic E-state index is 0.248. The van der Waals surface area contributed by atoms with Crippen molar-refractivity contribution in [3.05, 3.63) is 24.3 Å². The van der Waals surface area contributed by atoms with E-state index in [4.69, 9.17) is 4.74 Å². The molecule has 0 aliphatic rings. The summed E-state index contributed by atoms with van der Waals surface area (Å²) in [5, 5.41) is 12.6. The second kappa shape index (κ2) is 7.14. The van der Waals surface area contributed by atoms with E-state index in [2.05, 4.69) is 5.32 Å². The Hall–Kier alpha value is -1.75. The van der Waals surface area contributed by atoms with Crippen LogP contribution in [0.4, 0.5) is 10.5 Å². The third-order valence-electron chi connectivity index (χ3n) is 2.68. The number of hydrogen-bond acceptors (Lipinski definition) is 3. The van der Waals surface area contributed by atoms with Crippen molar-refractivity contribution in [1.29, 1.82) is 0 Å². The van der Waals surface area contributed by atoms with Gasteiger partial charge in [0.1, 0.15) is 5.75 Å². The number of anilines is 1. The van der Waals surface area contributed by atoms with Gasteiger partial charge in [0, 0.05) is 6.54 Å². The third kappa shape index (κ3) is 5.09. The maximum Gasteiger partial charge on any atom is 0.322 e. The first-order valence-electron chi connectivity index (χ1n) is 6.87. The summed E-state index contributed by atoms with van der Waals surface area (Å²) in [6, 6.07) is 7.05. The van der Waals surface area contributed by atoms with Crippen LogP contribution in [0.1, 0.15) is 27.7 Å². The van der Waals surface area contributed by atoms with Crippen molar-refractivity contribution in [2.45, 2.75) is 33.3 Å². The number of hydrogen-bond donors (Lipinski definition) is 2. The van der Waals surface area contributed by atoms with Crippen LogP contribution in [0.5, 0.6) is 5.75 Å². The van der Waals surface area contributed by atoms with Crippen LogP contribution < -0.4 is 10.1 Å². The standard InChI is InChI=1S/C15H24N2O3/c1-5-17(11-15(3,4)19)14(18)16-12-9-7-8-10-13(12)20-6-2/h7-10,19H,5-6,11H2,1-4H3,(H,16,18). The maximum absolute atomic E-state index is 12.2. The topological polar surface area (TPSA) is 61.8 Å². The van der Waals surface area contributed by atoms with Gasteiger partial charge >= 0.3 is 6.03 Å². The van der Waals surface area contributed by atoms with Gasteiger partial charge in [-0.3, -0.25) is 0 Å². The molecular formula is C15H24N2O3. The minimum Gasteiger partial charge on any atom is -0.492 e. The molecule has 2 N–H and O–H groups in total. The van der Waals surface area contributed by atoms with Crippen molar-refractivity contribution in [3.8, 4) is 5.75 Å². The highest BCUT2D eigenvalue weighted by Crippen LogP contribution is 2.24. The van der Waals surface area contributed by atoms with Gasteiger partial charge in [-0.25, -0.2) is 4.79 Å². The van der Waals surface area contributed by atoms with Crippen LogP contribution in [0.3, 0.4) is 0 Å². The van der Waals surface area contributed by atoms with Crippen LogP contribution in [0.2, 0.25) is 0 Å². The highest BCUT2D eigenvalue weighted by atomic mass is 16.5. The van der Waals surface area contributed by atoms with Gasteiger partial charge in [0.05, 0.1) is 24.4 Å². The average molecular weight is 280 g/mol. The monoisotopic (exact) mass is 280 g/mol. The molecular weight excluding hydrogens is 256 g/mol. The van der Waals surface area contributed by atoms with Gasteiger partial charge in [-0.05, 0) is 39.8 Å². The summed E-state index contributed by atoms with van der Waals surface area (Å²) in [6.07, 6.45) is 0. The summed E-state index contributed by atoms with van der Waals surface area (Å²) in [7, 11) is 0. The second-order valence-electron chi connectivity index (χ2n) is 5.19. The maximum atomic E-state index is 12.2. The van der Waals surface area contributed by atoms with Gasteiger partial charge in [-0.2, -0.15) is 0 Å². The highest BCUT2D eigenvalue weighted by Gasteiger charge is 2.21. The number of carbonyl (C=O) groups excluding carboxylic acids is 1. The lowest BCUT2D eigenvalue weighted by atomic mass is 10.1. The van der Waals surface area contributed by atoms with Gasteiger partial charge in [0.25, 0.3) is 0 Å². The fourth-order valence-electron chi connectivity index (χ4n) is 1.84. The van der Waals surface area contributed by atoms with E-state index >= 15 is 0 Å². The fourth-order valence-corrected chi connectivity index (χ4v) is 1.84. The van der Waals surface area contributed by atoms with Crippen LogP contribution in [0.15, 0.2) is 24.3 Å². The minimum atomic E-state index is -0.924. The van der Waals surface area contributed by atoms with Gasteiger partial charge in [-0.15, -0.1) is 0 Å². The Balaban J connectivity index is 2.78. The number of nitrogens with zero attached hydrogens (tertiary/aromatic N) is 1. The number of carbonyl (C=O) groups is 1. The molecule has 2 amide bonds.